The maximum Gasteiger partial charge on any atom is 0.400 e. The molecule has 0 rings (SSSR count). The number of hydrogen-bond acceptors (Lipinski definition) is 0. The van der Waals surface area contributed by atoms with Gasteiger partial charge < -0.3 is 4.85 Å². The third-order valence-corrected chi connectivity index (χ3v) is 1.32. The monoisotopic (exact) mass is 205 g/mol. The van der Waals surface area contributed by atoms with Gasteiger partial charge in [0.15, 0.2) is 5.92 Å². The van der Waals surface area contributed by atoms with Gasteiger partial charge in [-0.2, -0.15) is 26.3 Å². The van der Waals surface area contributed by atoms with Crippen molar-refractivity contribution in [3.05, 3.63) is 11.4 Å². The Balaban J connectivity index is 4.50. The van der Waals surface area contributed by atoms with Crippen LogP contribution in [0.2, 0.25) is 0 Å². The van der Waals surface area contributed by atoms with E-state index >= 15 is 0 Å². The van der Waals surface area contributed by atoms with Crippen molar-refractivity contribution >= 4 is 0 Å². The first-order valence-electron chi connectivity index (χ1n) is 3.16. The highest BCUT2D eigenvalue weighted by molar-refractivity contribution is 4.78. The molecule has 0 aromatic heterocycles. The normalized spacial score (nSPS) is 13.1. The summed E-state index contributed by atoms with van der Waals surface area (Å²) >= 11 is 0. The van der Waals surface area contributed by atoms with Crippen molar-refractivity contribution in [1.82, 2.24) is 0 Å². The third kappa shape index (κ3) is 4.01. The summed E-state index contributed by atoms with van der Waals surface area (Å²) in [6, 6.07) is 0. The lowest BCUT2D eigenvalue weighted by molar-refractivity contribution is -0.284. The lowest BCUT2D eigenvalue weighted by Gasteiger charge is -2.20. The van der Waals surface area contributed by atoms with Gasteiger partial charge in [0.1, 0.15) is 0 Å². The molecular weight excluding hydrogens is 200 g/mol. The molecule has 0 amide bonds. The molecule has 0 bridgehead atoms. The first-order valence-corrected chi connectivity index (χ1v) is 3.16. The molecule has 0 heterocycles. The van der Waals surface area contributed by atoms with Crippen LogP contribution in [0.15, 0.2) is 0 Å². The fourth-order valence-corrected chi connectivity index (χ4v) is 0.707. The van der Waals surface area contributed by atoms with Gasteiger partial charge in [0.05, 0.1) is 0 Å². The molecule has 0 saturated carbocycles. The summed E-state index contributed by atoms with van der Waals surface area (Å²) in [5.74, 6) is -3.38. The molecule has 1 nitrogen and oxygen atoms in total. The molecule has 0 aromatic rings. The molecule has 0 spiro atoms. The average molecular weight is 205 g/mol. The molecule has 76 valence electrons. The molecule has 7 heteroatoms. The number of nitrogens with zero attached hydrogens (tertiary/aromatic N) is 1. The Hall–Kier alpha value is -0.930. The van der Waals surface area contributed by atoms with E-state index in [2.05, 4.69) is 4.85 Å². The van der Waals surface area contributed by atoms with Crippen molar-refractivity contribution in [2.45, 2.75) is 18.8 Å². The predicted octanol–water partition coefficient (Wildman–Crippen LogP) is 3.04. The topological polar surface area (TPSA) is 4.36 Å². The largest absolute Gasteiger partial charge is 0.400 e. The standard InChI is InChI=1S/C6H5F6N/c1-13-3-2-4(5(7,8)9)6(10,11)12/h4H,2-3H2. The molecule has 0 unspecified atom stereocenters. The van der Waals surface area contributed by atoms with E-state index in [1.807, 2.05) is 0 Å². The highest BCUT2D eigenvalue weighted by Gasteiger charge is 2.56. The van der Waals surface area contributed by atoms with Gasteiger partial charge in [-0.1, -0.05) is 0 Å². The van der Waals surface area contributed by atoms with Crippen LogP contribution in [0.5, 0.6) is 0 Å². The molecule has 0 aliphatic heterocycles. The molecule has 0 aliphatic carbocycles. The summed E-state index contributed by atoms with van der Waals surface area (Å²) in [4.78, 5) is 2.45. The van der Waals surface area contributed by atoms with Crippen LogP contribution in [-0.2, 0) is 0 Å². The Morgan fingerprint density at radius 1 is 1.00 bits per heavy atom. The molecule has 0 aliphatic rings. The zero-order valence-electron chi connectivity index (χ0n) is 6.21. The van der Waals surface area contributed by atoms with Gasteiger partial charge >= 0.3 is 12.4 Å². The van der Waals surface area contributed by atoms with Gasteiger partial charge in [0, 0.05) is 6.42 Å². The molecule has 13 heavy (non-hydrogen) atoms. The summed E-state index contributed by atoms with van der Waals surface area (Å²) in [6.07, 6.45) is -11.9. The number of halogens is 6. The fraction of sp³-hybridized carbons (Fsp3) is 0.833. The molecular formula is C6H5F6N. The predicted molar refractivity (Wildman–Crippen MR) is 31.7 cm³/mol. The summed E-state index contributed by atoms with van der Waals surface area (Å²) in [5.41, 5.74) is 0. The van der Waals surface area contributed by atoms with Crippen LogP contribution in [0.25, 0.3) is 4.85 Å². The first kappa shape index (κ1) is 12.1. The second kappa shape index (κ2) is 3.85. The maximum absolute atomic E-state index is 11.7. The zero-order valence-corrected chi connectivity index (χ0v) is 6.21. The lowest BCUT2D eigenvalue weighted by Crippen LogP contribution is -2.36. The zero-order chi connectivity index (χ0) is 10.7. The lowest BCUT2D eigenvalue weighted by atomic mass is 10.1. The van der Waals surface area contributed by atoms with Crippen molar-refractivity contribution in [2.24, 2.45) is 5.92 Å². The summed E-state index contributed by atoms with van der Waals surface area (Å²) in [6.45, 7) is 5.32. The van der Waals surface area contributed by atoms with E-state index in [-0.39, 0.29) is 0 Å². The Morgan fingerprint density at radius 3 is 1.62 bits per heavy atom. The van der Waals surface area contributed by atoms with Crippen LogP contribution >= 0.6 is 0 Å². The smallest absolute Gasteiger partial charge is 0.317 e. The molecule has 0 aromatic carbocycles. The summed E-state index contributed by atoms with van der Waals surface area (Å²) < 4.78 is 70.3. The third-order valence-electron chi connectivity index (χ3n) is 1.32. The minimum absolute atomic E-state index is 0.774. The van der Waals surface area contributed by atoms with Gasteiger partial charge in [-0.3, -0.25) is 0 Å². The van der Waals surface area contributed by atoms with Crippen molar-refractivity contribution in [1.29, 1.82) is 0 Å². The van der Waals surface area contributed by atoms with E-state index in [9.17, 15) is 26.3 Å². The van der Waals surface area contributed by atoms with Gasteiger partial charge in [-0.15, -0.1) is 0 Å². The number of alkyl halides is 6. The van der Waals surface area contributed by atoms with Gasteiger partial charge in [-0.25, -0.2) is 6.57 Å². The first-order chi connectivity index (χ1) is 5.69. The van der Waals surface area contributed by atoms with E-state index < -0.39 is 31.2 Å². The van der Waals surface area contributed by atoms with Gasteiger partial charge in [0.2, 0.25) is 6.54 Å². The van der Waals surface area contributed by atoms with E-state index in [0.29, 0.717) is 0 Å². The number of hydrogen-bond donors (Lipinski definition) is 0. The van der Waals surface area contributed by atoms with E-state index in [0.717, 1.165) is 0 Å². The van der Waals surface area contributed by atoms with Crippen molar-refractivity contribution in [3.8, 4) is 0 Å². The van der Waals surface area contributed by atoms with Gasteiger partial charge in [-0.05, 0) is 0 Å². The molecule has 0 fully saturated rings. The van der Waals surface area contributed by atoms with Crippen LogP contribution in [0.4, 0.5) is 26.3 Å². The quantitative estimate of drug-likeness (QED) is 0.482. The molecule has 0 N–H and O–H groups in total. The Kier molecular flexibility index (Phi) is 3.58. The van der Waals surface area contributed by atoms with E-state index in [1.54, 1.807) is 0 Å². The minimum atomic E-state index is -5.32. The van der Waals surface area contributed by atoms with Crippen molar-refractivity contribution in [3.63, 3.8) is 0 Å². The second-order valence-electron chi connectivity index (χ2n) is 2.31. The van der Waals surface area contributed by atoms with Crippen molar-refractivity contribution in [2.75, 3.05) is 6.54 Å². The Morgan fingerprint density at radius 2 is 1.38 bits per heavy atom. The number of rotatable bonds is 2. The molecule has 0 atom stereocenters. The van der Waals surface area contributed by atoms with E-state index in [4.69, 9.17) is 6.57 Å². The van der Waals surface area contributed by atoms with Crippen LogP contribution in [0.1, 0.15) is 6.42 Å². The van der Waals surface area contributed by atoms with Crippen LogP contribution < -0.4 is 0 Å². The summed E-state index contributed by atoms with van der Waals surface area (Å²) in [7, 11) is 0. The van der Waals surface area contributed by atoms with Crippen LogP contribution in [0, 0.1) is 12.5 Å². The SMILES string of the molecule is [C-]#[N+]CCC(C(F)(F)F)C(F)(F)F. The minimum Gasteiger partial charge on any atom is -0.317 e. The van der Waals surface area contributed by atoms with Crippen LogP contribution in [-0.4, -0.2) is 18.9 Å². The Labute approximate surface area is 70.2 Å². The molecule has 0 radical (unpaired) electrons. The fourth-order valence-electron chi connectivity index (χ4n) is 0.707. The second-order valence-corrected chi connectivity index (χ2v) is 2.31. The Bertz CT molecular complexity index is 183. The van der Waals surface area contributed by atoms with Gasteiger partial charge in [0.25, 0.3) is 0 Å². The van der Waals surface area contributed by atoms with Crippen LogP contribution in [0.3, 0.4) is 0 Å². The maximum atomic E-state index is 11.7. The molecule has 0 saturated heterocycles. The average Bonchev–Trinajstić information content (AvgIpc) is 1.81. The highest BCUT2D eigenvalue weighted by Crippen LogP contribution is 2.41. The van der Waals surface area contributed by atoms with E-state index in [1.165, 1.54) is 0 Å². The summed E-state index contributed by atoms with van der Waals surface area (Å²) in [5, 5.41) is 0. The van der Waals surface area contributed by atoms with Crippen molar-refractivity contribution < 1.29 is 26.3 Å². The highest BCUT2D eigenvalue weighted by atomic mass is 19.4.